The third-order valence-electron chi connectivity index (χ3n) is 1.95. The first-order valence-corrected chi connectivity index (χ1v) is 4.44. The number of hydrogen-bond acceptors (Lipinski definition) is 1. The zero-order chi connectivity index (χ0) is 9.72. The van der Waals surface area contributed by atoms with E-state index in [1.807, 2.05) is 20.8 Å². The van der Waals surface area contributed by atoms with Crippen LogP contribution in [0.4, 0.5) is 0 Å². The van der Waals surface area contributed by atoms with E-state index in [1.165, 1.54) is 5.54 Å². The van der Waals surface area contributed by atoms with Gasteiger partial charge in [-0.05, 0) is 11.8 Å². The summed E-state index contributed by atoms with van der Waals surface area (Å²) in [5, 5.41) is 8.86. The molecule has 2 atom stereocenters. The van der Waals surface area contributed by atoms with E-state index in [2.05, 4.69) is 0 Å². The predicted molar refractivity (Wildman–Crippen MR) is 50.1 cm³/mol. The van der Waals surface area contributed by atoms with E-state index < -0.39 is 5.97 Å². The molecule has 0 bridgehead atoms. The van der Waals surface area contributed by atoms with Gasteiger partial charge in [0.05, 0.1) is 5.92 Å². The van der Waals surface area contributed by atoms with Crippen LogP contribution in [0.25, 0.3) is 0 Å². The number of carboxylic acid groups (broad SMARTS) is 1. The van der Waals surface area contributed by atoms with Crippen LogP contribution in [0.3, 0.4) is 0 Å². The van der Waals surface area contributed by atoms with Crippen LogP contribution < -0.4 is 0 Å². The van der Waals surface area contributed by atoms with Crippen molar-refractivity contribution in [2.24, 2.45) is 17.8 Å². The van der Waals surface area contributed by atoms with Gasteiger partial charge < -0.3 is 5.11 Å². The molecule has 0 saturated heterocycles. The summed E-state index contributed by atoms with van der Waals surface area (Å²) in [6.07, 6.45) is 1.71. The fraction of sp³-hybridized carbons (Fsp3) is 0.667. The molecule has 70 valence electrons. The van der Waals surface area contributed by atoms with Crippen LogP contribution in [0.2, 0.25) is 0 Å². The minimum absolute atomic E-state index is 0.0139. The maximum Gasteiger partial charge on any atom is 0.307 e. The maximum atomic E-state index is 10.8. The summed E-state index contributed by atoms with van der Waals surface area (Å²) in [5.74, 6) is -0.988. The Hall–Kier alpha value is -0.500. The Morgan fingerprint density at radius 1 is 1.42 bits per heavy atom. The van der Waals surface area contributed by atoms with Crippen molar-refractivity contribution in [1.29, 1.82) is 0 Å². The highest BCUT2D eigenvalue weighted by molar-refractivity contribution is 6.25. The highest BCUT2D eigenvalue weighted by atomic mass is 35.5. The molecule has 0 aliphatic carbocycles. The summed E-state index contributed by atoms with van der Waals surface area (Å²) in [6.45, 7) is 5.66. The van der Waals surface area contributed by atoms with E-state index >= 15 is 0 Å². The molecule has 0 amide bonds. The van der Waals surface area contributed by atoms with Crippen LogP contribution in [0.15, 0.2) is 11.6 Å². The van der Waals surface area contributed by atoms with Crippen molar-refractivity contribution in [2.45, 2.75) is 20.8 Å². The summed E-state index contributed by atoms with van der Waals surface area (Å²) in [5.41, 5.74) is 1.38. The van der Waals surface area contributed by atoms with Crippen LogP contribution in [-0.2, 0) is 4.79 Å². The second kappa shape index (κ2) is 5.20. The van der Waals surface area contributed by atoms with Gasteiger partial charge in [-0.3, -0.25) is 4.79 Å². The molecule has 0 fully saturated rings. The topological polar surface area (TPSA) is 37.3 Å². The lowest BCUT2D eigenvalue weighted by Gasteiger charge is -2.20. The molecule has 0 saturated carbocycles. The van der Waals surface area contributed by atoms with Gasteiger partial charge in [-0.2, -0.15) is 0 Å². The molecule has 0 aromatic carbocycles. The van der Waals surface area contributed by atoms with Crippen molar-refractivity contribution in [2.75, 3.05) is 0 Å². The lowest BCUT2D eigenvalue weighted by Crippen LogP contribution is -2.25. The minimum atomic E-state index is -0.757. The SMILES string of the molecule is CC(C)C(C(=O)O)C(C)/C=C/Cl. The van der Waals surface area contributed by atoms with Gasteiger partial charge in [-0.25, -0.2) is 0 Å². The highest BCUT2D eigenvalue weighted by Gasteiger charge is 2.25. The molecule has 0 aliphatic heterocycles. The number of carboxylic acids is 1. The van der Waals surface area contributed by atoms with Crippen molar-refractivity contribution in [3.8, 4) is 0 Å². The van der Waals surface area contributed by atoms with Gasteiger partial charge in [-0.15, -0.1) is 0 Å². The average molecular weight is 191 g/mol. The molecule has 0 rings (SSSR count). The Kier molecular flexibility index (Phi) is 4.98. The zero-order valence-corrected chi connectivity index (χ0v) is 8.38. The Labute approximate surface area is 78.2 Å². The van der Waals surface area contributed by atoms with E-state index in [9.17, 15) is 4.79 Å². The molecule has 2 unspecified atom stereocenters. The van der Waals surface area contributed by atoms with Gasteiger partial charge in [0.1, 0.15) is 0 Å². The van der Waals surface area contributed by atoms with Crippen molar-refractivity contribution in [3.63, 3.8) is 0 Å². The normalized spacial score (nSPS) is 16.8. The van der Waals surface area contributed by atoms with Crippen molar-refractivity contribution in [1.82, 2.24) is 0 Å². The molecule has 12 heavy (non-hydrogen) atoms. The molecule has 0 radical (unpaired) electrons. The van der Waals surface area contributed by atoms with Crippen molar-refractivity contribution < 1.29 is 9.90 Å². The van der Waals surface area contributed by atoms with E-state index in [1.54, 1.807) is 6.08 Å². The summed E-state index contributed by atoms with van der Waals surface area (Å²) < 4.78 is 0. The fourth-order valence-corrected chi connectivity index (χ4v) is 1.58. The smallest absolute Gasteiger partial charge is 0.307 e. The van der Waals surface area contributed by atoms with Crippen LogP contribution in [0, 0.1) is 17.8 Å². The Morgan fingerprint density at radius 3 is 2.17 bits per heavy atom. The number of halogens is 1. The maximum absolute atomic E-state index is 10.8. The van der Waals surface area contributed by atoms with Gasteiger partial charge in [-0.1, -0.05) is 38.4 Å². The van der Waals surface area contributed by atoms with E-state index in [0.29, 0.717) is 0 Å². The van der Waals surface area contributed by atoms with Crippen LogP contribution in [0.5, 0.6) is 0 Å². The Balaban J connectivity index is 4.40. The van der Waals surface area contributed by atoms with Gasteiger partial charge >= 0.3 is 5.97 Å². The summed E-state index contributed by atoms with van der Waals surface area (Å²) in [6, 6.07) is 0. The number of allylic oxidation sites excluding steroid dienone is 1. The lowest BCUT2D eigenvalue weighted by molar-refractivity contribution is -0.144. The minimum Gasteiger partial charge on any atom is -0.481 e. The van der Waals surface area contributed by atoms with Crippen molar-refractivity contribution in [3.05, 3.63) is 11.6 Å². The first kappa shape index (κ1) is 11.5. The second-order valence-electron chi connectivity index (χ2n) is 3.29. The molecule has 3 heteroatoms. The first-order valence-electron chi connectivity index (χ1n) is 4.00. The quantitative estimate of drug-likeness (QED) is 0.740. The standard InChI is InChI=1S/C9H15ClO2/c1-6(2)8(9(11)12)7(3)4-5-10/h4-8H,1-3H3,(H,11,12)/b5-4+. The van der Waals surface area contributed by atoms with Crippen LogP contribution >= 0.6 is 11.6 Å². The molecule has 0 heterocycles. The molecular formula is C9H15ClO2. The number of hydrogen-bond donors (Lipinski definition) is 1. The largest absolute Gasteiger partial charge is 0.481 e. The number of rotatable bonds is 4. The predicted octanol–water partition coefficient (Wildman–Crippen LogP) is 2.73. The Morgan fingerprint density at radius 2 is 1.92 bits per heavy atom. The van der Waals surface area contributed by atoms with Gasteiger partial charge in [0.2, 0.25) is 0 Å². The lowest BCUT2D eigenvalue weighted by atomic mass is 9.85. The highest BCUT2D eigenvalue weighted by Crippen LogP contribution is 2.22. The number of aliphatic carboxylic acids is 1. The fourth-order valence-electron chi connectivity index (χ4n) is 1.35. The van der Waals surface area contributed by atoms with E-state index in [4.69, 9.17) is 16.7 Å². The van der Waals surface area contributed by atoms with Gasteiger partial charge in [0.25, 0.3) is 0 Å². The van der Waals surface area contributed by atoms with Crippen LogP contribution in [-0.4, -0.2) is 11.1 Å². The molecule has 0 aromatic rings. The first-order chi connectivity index (χ1) is 5.50. The van der Waals surface area contributed by atoms with E-state index in [-0.39, 0.29) is 17.8 Å². The van der Waals surface area contributed by atoms with Crippen LogP contribution in [0.1, 0.15) is 20.8 Å². The molecule has 0 aromatic heterocycles. The monoisotopic (exact) mass is 190 g/mol. The van der Waals surface area contributed by atoms with Crippen molar-refractivity contribution >= 4 is 17.6 Å². The summed E-state index contributed by atoms with van der Waals surface area (Å²) >= 11 is 5.38. The Bertz CT molecular complexity index is 175. The number of carbonyl (C=O) groups is 1. The summed E-state index contributed by atoms with van der Waals surface area (Å²) in [7, 11) is 0. The van der Waals surface area contributed by atoms with Gasteiger partial charge in [0.15, 0.2) is 0 Å². The summed E-state index contributed by atoms with van der Waals surface area (Å²) in [4.78, 5) is 10.8. The third-order valence-corrected chi connectivity index (χ3v) is 2.09. The molecule has 0 aliphatic rings. The van der Waals surface area contributed by atoms with E-state index in [0.717, 1.165) is 0 Å². The zero-order valence-electron chi connectivity index (χ0n) is 7.62. The third kappa shape index (κ3) is 3.26. The molecule has 0 spiro atoms. The average Bonchev–Trinajstić information content (AvgIpc) is 1.85. The molecule has 2 nitrogen and oxygen atoms in total. The molecular weight excluding hydrogens is 176 g/mol. The molecule has 1 N–H and O–H groups in total. The van der Waals surface area contributed by atoms with Gasteiger partial charge in [0, 0.05) is 5.54 Å². The second-order valence-corrected chi connectivity index (χ2v) is 3.54.